The van der Waals surface area contributed by atoms with Crippen LogP contribution in [0.5, 0.6) is 11.5 Å². The number of ether oxygens (including phenoxy) is 2. The van der Waals surface area contributed by atoms with Crippen LogP contribution in [0.15, 0.2) is 50.8 Å². The van der Waals surface area contributed by atoms with E-state index >= 15 is 0 Å². The van der Waals surface area contributed by atoms with E-state index in [0.29, 0.717) is 33.7 Å². The molecule has 0 atom stereocenters. The zero-order valence-corrected chi connectivity index (χ0v) is 18.6. The van der Waals surface area contributed by atoms with Gasteiger partial charge in [-0.1, -0.05) is 34.1 Å². The first-order valence-corrected chi connectivity index (χ1v) is 10.5. The van der Waals surface area contributed by atoms with Gasteiger partial charge in [0.15, 0.2) is 16.7 Å². The van der Waals surface area contributed by atoms with Crippen LogP contribution < -0.4 is 9.47 Å². The maximum absolute atomic E-state index is 13.9. The van der Waals surface area contributed by atoms with Crippen molar-refractivity contribution in [1.29, 1.82) is 0 Å². The van der Waals surface area contributed by atoms with Crippen molar-refractivity contribution in [2.75, 3.05) is 20.7 Å². The van der Waals surface area contributed by atoms with Gasteiger partial charge in [-0.25, -0.2) is 4.39 Å². The molecule has 0 aromatic heterocycles. The number of hydrogen-bond acceptors (Lipinski definition) is 5. The van der Waals surface area contributed by atoms with Crippen molar-refractivity contribution < 1.29 is 18.7 Å². The van der Waals surface area contributed by atoms with Crippen LogP contribution in [0.25, 0.3) is 6.08 Å². The predicted molar refractivity (Wildman–Crippen MR) is 118 cm³/mol. The van der Waals surface area contributed by atoms with E-state index in [0.717, 1.165) is 10.0 Å². The summed E-state index contributed by atoms with van der Waals surface area (Å²) < 4.78 is 26.1. The molecule has 0 bridgehead atoms. The maximum atomic E-state index is 13.9. The molecular formula is C21H20BrFN2O3S. The van der Waals surface area contributed by atoms with Gasteiger partial charge in [-0.05, 0) is 48.5 Å². The molecule has 2 aromatic rings. The number of nitrogens with zero attached hydrogens (tertiary/aromatic N) is 2. The van der Waals surface area contributed by atoms with Gasteiger partial charge in [-0.15, -0.1) is 0 Å². The van der Waals surface area contributed by atoms with Crippen LogP contribution >= 0.6 is 27.7 Å². The van der Waals surface area contributed by atoms with Crippen molar-refractivity contribution in [3.63, 3.8) is 0 Å². The van der Waals surface area contributed by atoms with Gasteiger partial charge in [0.2, 0.25) is 0 Å². The number of thioether (sulfide) groups is 1. The molecule has 1 saturated heterocycles. The lowest BCUT2D eigenvalue weighted by Gasteiger charge is -2.14. The molecule has 0 radical (unpaired) electrons. The van der Waals surface area contributed by atoms with Crippen LogP contribution in [0, 0.1) is 5.82 Å². The average Bonchev–Trinajstić information content (AvgIpc) is 2.98. The fourth-order valence-corrected chi connectivity index (χ4v) is 4.06. The fourth-order valence-electron chi connectivity index (χ4n) is 2.70. The Morgan fingerprint density at radius 1 is 1.24 bits per heavy atom. The predicted octanol–water partition coefficient (Wildman–Crippen LogP) is 5.10. The van der Waals surface area contributed by atoms with Gasteiger partial charge >= 0.3 is 0 Å². The quantitative estimate of drug-likeness (QED) is 0.542. The number of carbonyl (C=O) groups excluding carboxylic acids is 1. The summed E-state index contributed by atoms with van der Waals surface area (Å²) in [6.45, 7) is 2.39. The van der Waals surface area contributed by atoms with Crippen LogP contribution in [0.2, 0.25) is 0 Å². The van der Waals surface area contributed by atoms with E-state index < -0.39 is 0 Å². The van der Waals surface area contributed by atoms with Gasteiger partial charge in [0, 0.05) is 24.1 Å². The Morgan fingerprint density at radius 2 is 1.97 bits per heavy atom. The number of amides is 1. The molecule has 2 aromatic carbocycles. The molecule has 1 amide bonds. The van der Waals surface area contributed by atoms with E-state index in [-0.39, 0.29) is 18.3 Å². The lowest BCUT2D eigenvalue weighted by Crippen LogP contribution is -2.23. The Kier molecular flexibility index (Phi) is 6.97. The molecule has 1 heterocycles. The van der Waals surface area contributed by atoms with Crippen molar-refractivity contribution in [2.45, 2.75) is 13.5 Å². The van der Waals surface area contributed by atoms with E-state index in [1.54, 1.807) is 50.5 Å². The summed E-state index contributed by atoms with van der Waals surface area (Å²) in [5.41, 5.74) is 1.23. The highest BCUT2D eigenvalue weighted by atomic mass is 79.9. The minimum absolute atomic E-state index is 0.0785. The van der Waals surface area contributed by atoms with Gasteiger partial charge in [-0.2, -0.15) is 0 Å². The van der Waals surface area contributed by atoms with Crippen LogP contribution in [0.1, 0.15) is 18.1 Å². The highest BCUT2D eigenvalue weighted by Gasteiger charge is 2.30. The summed E-state index contributed by atoms with van der Waals surface area (Å²) >= 11 is 4.84. The van der Waals surface area contributed by atoms with Crippen LogP contribution in [-0.4, -0.2) is 36.7 Å². The summed E-state index contributed by atoms with van der Waals surface area (Å²) in [6.07, 6.45) is 1.79. The van der Waals surface area contributed by atoms with Crippen LogP contribution in [0.4, 0.5) is 4.39 Å². The molecule has 1 aliphatic heterocycles. The molecule has 8 heteroatoms. The van der Waals surface area contributed by atoms with Gasteiger partial charge in [-0.3, -0.25) is 14.7 Å². The fraction of sp³-hybridized carbons (Fsp3) is 0.238. The lowest BCUT2D eigenvalue weighted by atomic mass is 10.1. The third kappa shape index (κ3) is 4.82. The van der Waals surface area contributed by atoms with Crippen LogP contribution in [0.3, 0.4) is 0 Å². The second kappa shape index (κ2) is 9.45. The summed E-state index contributed by atoms with van der Waals surface area (Å²) in [5.74, 6) is 0.579. The zero-order valence-electron chi connectivity index (χ0n) is 16.2. The topological polar surface area (TPSA) is 51.1 Å². The summed E-state index contributed by atoms with van der Waals surface area (Å²) in [6, 6.07) is 10.0. The molecule has 0 N–H and O–H groups in total. The van der Waals surface area contributed by atoms with Crippen molar-refractivity contribution in [1.82, 2.24) is 4.90 Å². The van der Waals surface area contributed by atoms with Gasteiger partial charge in [0.25, 0.3) is 5.91 Å². The molecule has 0 aliphatic carbocycles. The molecule has 0 spiro atoms. The van der Waals surface area contributed by atoms with Gasteiger partial charge in [0.1, 0.15) is 12.4 Å². The molecular weight excluding hydrogens is 459 g/mol. The van der Waals surface area contributed by atoms with E-state index in [1.807, 2.05) is 6.92 Å². The number of halogens is 2. The first-order chi connectivity index (χ1) is 13.9. The number of hydrogen-bond donors (Lipinski definition) is 0. The summed E-state index contributed by atoms with van der Waals surface area (Å²) in [7, 11) is 3.35. The average molecular weight is 479 g/mol. The molecule has 1 aliphatic rings. The number of rotatable bonds is 6. The van der Waals surface area contributed by atoms with E-state index in [2.05, 4.69) is 20.9 Å². The minimum atomic E-state index is -0.319. The third-order valence-corrected chi connectivity index (χ3v) is 6.02. The number of aliphatic imine (C=N–C) groups is 1. The lowest BCUT2D eigenvalue weighted by molar-refractivity contribution is -0.121. The van der Waals surface area contributed by atoms with Gasteiger partial charge < -0.3 is 9.47 Å². The Morgan fingerprint density at radius 3 is 2.62 bits per heavy atom. The maximum Gasteiger partial charge on any atom is 0.266 e. The summed E-state index contributed by atoms with van der Waals surface area (Å²) in [5, 5.41) is 0.646. The first kappa shape index (κ1) is 21.4. The number of amidine groups is 1. The zero-order chi connectivity index (χ0) is 21.0. The Bertz CT molecular complexity index is 994. The molecule has 0 unspecified atom stereocenters. The van der Waals surface area contributed by atoms with Crippen LogP contribution in [-0.2, 0) is 11.4 Å². The standard InChI is InChI=1S/C21H20BrFN2O3S/c1-4-27-17-9-14(10-19-20(26)25(3)21(24-2)29-19)15(22)11-18(17)28-12-13-7-5-6-8-16(13)23/h5-11H,4,12H2,1-3H3/b19-10-,24-21?. The molecule has 0 saturated carbocycles. The van der Waals surface area contributed by atoms with Crippen molar-refractivity contribution >= 4 is 44.8 Å². The normalized spacial score (nSPS) is 16.7. The van der Waals surface area contributed by atoms with E-state index in [9.17, 15) is 9.18 Å². The molecule has 1 fully saturated rings. The Hall–Kier alpha value is -2.32. The Labute approximate surface area is 181 Å². The summed E-state index contributed by atoms with van der Waals surface area (Å²) in [4.78, 5) is 18.6. The first-order valence-electron chi connectivity index (χ1n) is 8.91. The number of likely N-dealkylation sites (N-methyl/N-ethyl adjacent to an activating group) is 1. The largest absolute Gasteiger partial charge is 0.490 e. The van der Waals surface area contributed by atoms with Crippen molar-refractivity contribution in [3.05, 3.63) is 62.7 Å². The molecule has 29 heavy (non-hydrogen) atoms. The van der Waals surface area contributed by atoms with Crippen molar-refractivity contribution in [3.8, 4) is 11.5 Å². The number of benzene rings is 2. The number of carbonyl (C=O) groups is 1. The monoisotopic (exact) mass is 478 g/mol. The SMILES string of the molecule is CCOc1cc(/C=C2\SC(=NC)N(C)C2=O)c(Br)cc1OCc1ccccc1F. The van der Waals surface area contributed by atoms with E-state index in [1.165, 1.54) is 22.7 Å². The van der Waals surface area contributed by atoms with Crippen molar-refractivity contribution in [2.24, 2.45) is 4.99 Å². The van der Waals surface area contributed by atoms with E-state index in [4.69, 9.17) is 9.47 Å². The second-order valence-corrected chi connectivity index (χ2v) is 7.98. The third-order valence-electron chi connectivity index (χ3n) is 4.19. The highest BCUT2D eigenvalue weighted by Crippen LogP contribution is 2.38. The smallest absolute Gasteiger partial charge is 0.266 e. The second-order valence-electron chi connectivity index (χ2n) is 6.11. The molecule has 3 rings (SSSR count). The minimum Gasteiger partial charge on any atom is -0.490 e. The van der Waals surface area contributed by atoms with Gasteiger partial charge in [0.05, 0.1) is 11.5 Å². The molecule has 152 valence electrons. The highest BCUT2D eigenvalue weighted by molar-refractivity contribution is 9.10. The molecule has 5 nitrogen and oxygen atoms in total. The Balaban J connectivity index is 1.89.